The molecule has 2 aliphatic rings. The molecule has 2 rings (SSSR count). The molecule has 0 aromatic carbocycles. The molecule has 0 aromatic heterocycles. The van der Waals surface area contributed by atoms with E-state index in [1.54, 1.807) is 0 Å². The van der Waals surface area contributed by atoms with E-state index in [4.69, 9.17) is 4.74 Å². The van der Waals surface area contributed by atoms with Gasteiger partial charge in [-0.2, -0.15) is 0 Å². The summed E-state index contributed by atoms with van der Waals surface area (Å²) in [5.74, 6) is 0.704. The molecule has 0 N–H and O–H groups in total. The van der Waals surface area contributed by atoms with Crippen molar-refractivity contribution in [2.24, 2.45) is 5.92 Å². The van der Waals surface area contributed by atoms with Gasteiger partial charge in [0.15, 0.2) is 0 Å². The van der Waals surface area contributed by atoms with Gasteiger partial charge in [0, 0.05) is 4.28 Å². The quantitative estimate of drug-likeness (QED) is 0.318. The van der Waals surface area contributed by atoms with Gasteiger partial charge in [0.2, 0.25) is 16.3 Å². The van der Waals surface area contributed by atoms with E-state index in [1.165, 1.54) is 0 Å². The summed E-state index contributed by atoms with van der Waals surface area (Å²) in [5, 5.41) is 0. The fraction of sp³-hybridized carbons (Fsp3) is 0.800. The van der Waals surface area contributed by atoms with Crippen molar-refractivity contribution in [2.45, 2.75) is 10.7 Å². The number of cyclic esters (lactones) is 1. The molecule has 0 radical (unpaired) electrons. The van der Waals surface area contributed by atoms with Crippen LogP contribution < -0.4 is 0 Å². The van der Waals surface area contributed by atoms with E-state index in [0.717, 1.165) is 22.7 Å². The van der Waals surface area contributed by atoms with Crippen LogP contribution in [0, 0.1) is 5.92 Å². The third kappa shape index (κ3) is 0.375. The van der Waals surface area contributed by atoms with Crippen molar-refractivity contribution in [2.75, 3.05) is 6.61 Å². The Hall–Kier alpha value is 0.00247. The number of rotatable bonds is 0. The molecule has 1 aliphatic heterocycles. The fourth-order valence-electron chi connectivity index (χ4n) is 1.29. The van der Waals surface area contributed by atoms with Crippen LogP contribution in [-0.2, 0) is 9.53 Å². The lowest BCUT2D eigenvalue weighted by Gasteiger charge is -1.97. The van der Waals surface area contributed by atoms with Gasteiger partial charge in [0.05, 0.1) is 6.61 Å². The van der Waals surface area contributed by atoms with Crippen molar-refractivity contribution >= 4 is 22.3 Å². The maximum Gasteiger partial charge on any atom is 0.298 e. The first-order chi connectivity index (χ1) is 3.73. The molecule has 2 fully saturated rings. The van der Waals surface area contributed by atoms with Gasteiger partial charge in [-0.15, -0.1) is 0 Å². The molecule has 2 nitrogen and oxygen atoms in total. The zero-order valence-electron chi connectivity index (χ0n) is 4.81. The molecule has 2 atom stereocenters. The molecule has 42 valence electrons. The van der Waals surface area contributed by atoms with Gasteiger partial charge >= 0.3 is 0 Å². The topological polar surface area (TPSA) is 26.3 Å². The number of ether oxygens (including phenoxy) is 1. The van der Waals surface area contributed by atoms with Crippen LogP contribution in [0.4, 0.5) is 0 Å². The second-order valence-corrected chi connectivity index (χ2v) is 4.70. The SMILES string of the molecule is O=C1OCC2C[C]12[AlH2]. The molecule has 0 aromatic rings. The van der Waals surface area contributed by atoms with Crippen LogP contribution >= 0.6 is 0 Å². The van der Waals surface area contributed by atoms with Crippen molar-refractivity contribution in [3.63, 3.8) is 0 Å². The van der Waals surface area contributed by atoms with E-state index < -0.39 is 0 Å². The number of carbonyl (C=O) groups is 1. The molecular formula is C5H7AlO2. The van der Waals surface area contributed by atoms with Gasteiger partial charge in [0.1, 0.15) is 0 Å². The van der Waals surface area contributed by atoms with Crippen molar-refractivity contribution in [1.82, 2.24) is 0 Å². The van der Waals surface area contributed by atoms with E-state index in [2.05, 4.69) is 0 Å². The highest BCUT2D eigenvalue weighted by molar-refractivity contribution is 6.30. The second kappa shape index (κ2) is 1.12. The summed E-state index contributed by atoms with van der Waals surface area (Å²) in [4.78, 5) is 10.8. The molecule has 1 saturated carbocycles. The zero-order valence-corrected chi connectivity index (χ0v) is 6.81. The monoisotopic (exact) mass is 126 g/mol. The molecule has 0 amide bonds. The van der Waals surface area contributed by atoms with Gasteiger partial charge in [-0.3, -0.25) is 4.79 Å². The molecule has 1 saturated heterocycles. The Kier molecular flexibility index (Phi) is 0.678. The third-order valence-electron chi connectivity index (χ3n) is 2.29. The summed E-state index contributed by atoms with van der Waals surface area (Å²) in [6, 6.07) is 0. The van der Waals surface area contributed by atoms with Gasteiger partial charge in [-0.25, -0.2) is 0 Å². The van der Waals surface area contributed by atoms with E-state index >= 15 is 0 Å². The zero-order chi connectivity index (χ0) is 5.78. The first-order valence-electron chi connectivity index (χ1n) is 2.91. The van der Waals surface area contributed by atoms with Crippen LogP contribution in [0.1, 0.15) is 6.42 Å². The predicted octanol–water partition coefficient (Wildman–Crippen LogP) is -0.645. The summed E-state index contributed by atoms with van der Waals surface area (Å²) in [5.41, 5.74) is 0. The largest absolute Gasteiger partial charge is 0.466 e. The molecular weight excluding hydrogens is 119 g/mol. The summed E-state index contributed by atoms with van der Waals surface area (Å²) >= 11 is 0.995. The van der Waals surface area contributed by atoms with Crippen molar-refractivity contribution < 1.29 is 9.53 Å². The second-order valence-electron chi connectivity index (χ2n) is 2.92. The van der Waals surface area contributed by atoms with E-state index in [9.17, 15) is 4.79 Å². The van der Waals surface area contributed by atoms with E-state index in [-0.39, 0.29) is 10.2 Å². The fourth-order valence-corrected chi connectivity index (χ4v) is 2.09. The number of carbonyl (C=O) groups excluding carboxylic acids is 1. The Bertz CT molecular complexity index is 155. The number of hydrogen-bond donors (Lipinski definition) is 0. The average molecular weight is 126 g/mol. The molecule has 8 heavy (non-hydrogen) atoms. The molecule has 1 aliphatic carbocycles. The number of hydrogen-bond acceptors (Lipinski definition) is 2. The van der Waals surface area contributed by atoms with E-state index in [0.29, 0.717) is 12.5 Å². The standard InChI is InChI=1S/C5H5O2.Al.2H/c6-5-4-1-3(4)2-7-5;;;/h3H,1-2H2;;;. The van der Waals surface area contributed by atoms with Crippen LogP contribution in [0.3, 0.4) is 0 Å². The summed E-state index contributed by atoms with van der Waals surface area (Å²) < 4.78 is 4.91. The molecule has 1 heterocycles. The van der Waals surface area contributed by atoms with Gasteiger partial charge in [0.25, 0.3) is 5.97 Å². The summed E-state index contributed by atoms with van der Waals surface area (Å²) in [7, 11) is 0. The minimum atomic E-state index is 0.0779. The molecule has 3 heteroatoms. The van der Waals surface area contributed by atoms with Crippen molar-refractivity contribution in [3.8, 4) is 0 Å². The predicted molar refractivity (Wildman–Crippen MR) is 30.3 cm³/mol. The Morgan fingerprint density at radius 1 is 1.88 bits per heavy atom. The normalized spacial score (nSPS) is 50.5. The highest BCUT2D eigenvalue weighted by Crippen LogP contribution is 2.61. The van der Waals surface area contributed by atoms with Crippen LogP contribution in [0.25, 0.3) is 0 Å². The lowest BCUT2D eigenvalue weighted by molar-refractivity contribution is -0.140. The first-order valence-corrected chi connectivity index (χ1v) is 3.91. The number of esters is 1. The third-order valence-corrected chi connectivity index (χ3v) is 3.93. The Morgan fingerprint density at radius 3 is 2.75 bits per heavy atom. The lowest BCUT2D eigenvalue weighted by Crippen LogP contribution is -2.06. The van der Waals surface area contributed by atoms with E-state index in [1.807, 2.05) is 0 Å². The Morgan fingerprint density at radius 2 is 2.62 bits per heavy atom. The minimum absolute atomic E-state index is 0.0779. The number of fused-ring (bicyclic) bond motifs is 1. The summed E-state index contributed by atoms with van der Waals surface area (Å²) in [6.45, 7) is 0.711. The van der Waals surface area contributed by atoms with Gasteiger partial charge < -0.3 is 4.74 Å². The Labute approximate surface area is 55.6 Å². The highest BCUT2D eigenvalue weighted by Gasteiger charge is 2.61. The summed E-state index contributed by atoms with van der Waals surface area (Å²) in [6.07, 6.45) is 1.12. The Balaban J connectivity index is 2.31. The van der Waals surface area contributed by atoms with Crippen LogP contribution in [0.2, 0.25) is 4.28 Å². The highest BCUT2D eigenvalue weighted by atomic mass is 27.0. The van der Waals surface area contributed by atoms with Crippen molar-refractivity contribution in [1.29, 1.82) is 0 Å². The maximum absolute atomic E-state index is 10.8. The molecule has 0 spiro atoms. The van der Waals surface area contributed by atoms with Crippen LogP contribution in [-0.4, -0.2) is 28.9 Å². The maximum atomic E-state index is 10.8. The minimum Gasteiger partial charge on any atom is -0.466 e. The van der Waals surface area contributed by atoms with Gasteiger partial charge in [-0.1, -0.05) is 0 Å². The van der Waals surface area contributed by atoms with Crippen LogP contribution in [0.15, 0.2) is 0 Å². The molecule has 2 unspecified atom stereocenters. The van der Waals surface area contributed by atoms with Crippen LogP contribution in [0.5, 0.6) is 0 Å². The lowest BCUT2D eigenvalue weighted by atomic mass is 10.4. The molecule has 0 bridgehead atoms. The smallest absolute Gasteiger partial charge is 0.298 e. The average Bonchev–Trinajstić information content (AvgIpc) is 2.31. The van der Waals surface area contributed by atoms with Crippen molar-refractivity contribution in [3.05, 3.63) is 0 Å². The first kappa shape index (κ1) is 4.84. The van der Waals surface area contributed by atoms with Gasteiger partial charge in [-0.05, 0) is 12.3 Å².